The zero-order chi connectivity index (χ0) is 12.0. The van der Waals surface area contributed by atoms with Gasteiger partial charge >= 0.3 is 0 Å². The van der Waals surface area contributed by atoms with Crippen LogP contribution in [0.4, 0.5) is 0 Å². The topological polar surface area (TPSA) is 57.5 Å². The molecule has 0 amide bonds. The minimum absolute atomic E-state index is 0.353. The van der Waals surface area contributed by atoms with Crippen LogP contribution in [0.1, 0.15) is 17.1 Å². The molecular formula is C11H14O3S2. The minimum Gasteiger partial charge on any atom is -0.508 e. The highest BCUT2D eigenvalue weighted by Crippen LogP contribution is 2.45. The first-order valence-corrected chi connectivity index (χ1v) is 6.91. The van der Waals surface area contributed by atoms with E-state index in [4.69, 9.17) is 15.0 Å². The predicted octanol–water partition coefficient (Wildman–Crippen LogP) is 2.96. The van der Waals surface area contributed by atoms with Crippen molar-refractivity contribution in [3.8, 4) is 5.75 Å². The van der Waals surface area contributed by atoms with E-state index in [2.05, 4.69) is 0 Å². The molecular weight excluding hydrogens is 244 g/mol. The maximum Gasteiger partial charge on any atom is 0.300 e. The van der Waals surface area contributed by atoms with Crippen LogP contribution in [0.3, 0.4) is 0 Å². The molecule has 3 nitrogen and oxygen atoms in total. The average molecular weight is 258 g/mol. The number of carboxylic acids is 1. The lowest BCUT2D eigenvalue weighted by atomic mass is 10.2. The summed E-state index contributed by atoms with van der Waals surface area (Å²) in [6.07, 6.45) is 0. The van der Waals surface area contributed by atoms with Crippen molar-refractivity contribution >= 4 is 29.5 Å². The van der Waals surface area contributed by atoms with E-state index in [-0.39, 0.29) is 0 Å². The van der Waals surface area contributed by atoms with Gasteiger partial charge in [-0.1, -0.05) is 12.1 Å². The van der Waals surface area contributed by atoms with Gasteiger partial charge in [-0.3, -0.25) is 4.79 Å². The Balaban J connectivity index is 0.000000280. The monoisotopic (exact) mass is 258 g/mol. The van der Waals surface area contributed by atoms with Gasteiger partial charge in [0.15, 0.2) is 0 Å². The molecule has 1 aliphatic heterocycles. The van der Waals surface area contributed by atoms with Crippen molar-refractivity contribution in [1.29, 1.82) is 0 Å². The Morgan fingerprint density at radius 2 is 1.69 bits per heavy atom. The quantitative estimate of drug-likeness (QED) is 0.811. The molecule has 0 saturated carbocycles. The van der Waals surface area contributed by atoms with Gasteiger partial charge in [0.2, 0.25) is 0 Å². The van der Waals surface area contributed by atoms with Crippen molar-refractivity contribution < 1.29 is 15.0 Å². The van der Waals surface area contributed by atoms with Crippen LogP contribution in [-0.4, -0.2) is 27.7 Å². The van der Waals surface area contributed by atoms with Crippen molar-refractivity contribution in [1.82, 2.24) is 0 Å². The summed E-state index contributed by atoms with van der Waals surface area (Å²) in [5, 5.41) is 16.5. The molecule has 0 radical (unpaired) electrons. The zero-order valence-electron chi connectivity index (χ0n) is 8.92. The van der Waals surface area contributed by atoms with Crippen LogP contribution >= 0.6 is 23.5 Å². The Kier molecular flexibility index (Phi) is 5.55. The van der Waals surface area contributed by atoms with Gasteiger partial charge in [-0.25, -0.2) is 0 Å². The Morgan fingerprint density at radius 3 is 2.12 bits per heavy atom. The fraction of sp³-hybridized carbons (Fsp3) is 0.364. The Labute approximate surface area is 103 Å². The lowest BCUT2D eigenvalue weighted by molar-refractivity contribution is -0.134. The lowest BCUT2D eigenvalue weighted by Gasteiger charge is -2.07. The normalized spacial score (nSPS) is 15.3. The molecule has 2 rings (SSSR count). The lowest BCUT2D eigenvalue weighted by Crippen LogP contribution is -1.82. The molecule has 1 aromatic rings. The highest BCUT2D eigenvalue weighted by molar-refractivity contribution is 8.19. The number of benzene rings is 1. The Bertz CT molecular complexity index is 328. The molecule has 88 valence electrons. The third kappa shape index (κ3) is 4.81. The number of hydrogen-bond acceptors (Lipinski definition) is 4. The Hall–Kier alpha value is -0.810. The summed E-state index contributed by atoms with van der Waals surface area (Å²) in [4.78, 5) is 9.00. The molecule has 0 aromatic heterocycles. The molecule has 1 aliphatic rings. The van der Waals surface area contributed by atoms with Gasteiger partial charge in [0.25, 0.3) is 5.97 Å². The molecule has 1 aromatic carbocycles. The number of rotatable bonds is 1. The van der Waals surface area contributed by atoms with Crippen molar-refractivity contribution in [2.45, 2.75) is 11.5 Å². The first-order valence-electron chi connectivity index (χ1n) is 4.81. The second-order valence-corrected chi connectivity index (χ2v) is 5.91. The van der Waals surface area contributed by atoms with E-state index in [1.54, 1.807) is 12.1 Å². The standard InChI is InChI=1S/C9H10OS2.C2H4O2/c10-8-3-1-7(2-4-8)9-11-5-6-12-9;1-2(3)4/h1-4,9-10H,5-6H2;1H3,(H,3,4). The summed E-state index contributed by atoms with van der Waals surface area (Å²) in [6, 6.07) is 7.53. The van der Waals surface area contributed by atoms with Crippen molar-refractivity contribution in [3.63, 3.8) is 0 Å². The number of aliphatic carboxylic acids is 1. The van der Waals surface area contributed by atoms with Crippen LogP contribution < -0.4 is 0 Å². The van der Waals surface area contributed by atoms with Crippen molar-refractivity contribution in [2.75, 3.05) is 11.5 Å². The van der Waals surface area contributed by atoms with Crippen molar-refractivity contribution in [2.24, 2.45) is 0 Å². The highest BCUT2D eigenvalue weighted by Gasteiger charge is 2.17. The molecule has 0 aliphatic carbocycles. The van der Waals surface area contributed by atoms with Gasteiger partial charge in [0.05, 0.1) is 4.58 Å². The first kappa shape index (κ1) is 13.3. The van der Waals surface area contributed by atoms with E-state index in [0.29, 0.717) is 10.3 Å². The van der Waals surface area contributed by atoms with E-state index in [1.165, 1.54) is 17.1 Å². The van der Waals surface area contributed by atoms with E-state index in [0.717, 1.165) is 6.92 Å². The summed E-state index contributed by atoms with van der Waals surface area (Å²) in [6.45, 7) is 1.08. The first-order chi connectivity index (χ1) is 7.59. The van der Waals surface area contributed by atoms with Crippen molar-refractivity contribution in [3.05, 3.63) is 29.8 Å². The molecule has 1 heterocycles. The van der Waals surface area contributed by atoms with Gasteiger partial charge < -0.3 is 10.2 Å². The third-order valence-electron chi connectivity index (χ3n) is 1.79. The second-order valence-electron chi connectivity index (χ2n) is 3.18. The summed E-state index contributed by atoms with van der Waals surface area (Å²) in [5.74, 6) is 2.01. The maximum absolute atomic E-state index is 9.09. The van der Waals surface area contributed by atoms with E-state index >= 15 is 0 Å². The molecule has 0 bridgehead atoms. The fourth-order valence-corrected chi connectivity index (χ4v) is 4.04. The minimum atomic E-state index is -0.833. The number of carbonyl (C=O) groups is 1. The molecule has 1 fully saturated rings. The highest BCUT2D eigenvalue weighted by atomic mass is 32.2. The zero-order valence-corrected chi connectivity index (χ0v) is 10.6. The van der Waals surface area contributed by atoms with Gasteiger partial charge in [0, 0.05) is 18.4 Å². The number of phenols is 1. The average Bonchev–Trinajstić information content (AvgIpc) is 2.71. The molecule has 16 heavy (non-hydrogen) atoms. The fourth-order valence-electron chi connectivity index (χ4n) is 1.18. The number of hydrogen-bond donors (Lipinski definition) is 2. The van der Waals surface area contributed by atoms with Gasteiger partial charge in [-0.05, 0) is 17.7 Å². The molecule has 1 saturated heterocycles. The van der Waals surface area contributed by atoms with Crippen LogP contribution in [-0.2, 0) is 4.79 Å². The van der Waals surface area contributed by atoms with Gasteiger partial charge in [0.1, 0.15) is 5.75 Å². The summed E-state index contributed by atoms with van der Waals surface area (Å²) in [5.41, 5.74) is 1.32. The van der Waals surface area contributed by atoms with Crippen LogP contribution in [0.15, 0.2) is 24.3 Å². The third-order valence-corrected chi connectivity index (χ3v) is 4.89. The molecule has 5 heteroatoms. The van der Waals surface area contributed by atoms with Crippen LogP contribution in [0.25, 0.3) is 0 Å². The number of aromatic hydroxyl groups is 1. The number of phenolic OH excluding ortho intramolecular Hbond substituents is 1. The second kappa shape index (κ2) is 6.70. The summed E-state index contributed by atoms with van der Waals surface area (Å²) >= 11 is 3.97. The molecule has 0 atom stereocenters. The van der Waals surface area contributed by atoms with E-state index < -0.39 is 5.97 Å². The SMILES string of the molecule is CC(=O)O.Oc1ccc(C2SCCS2)cc1. The smallest absolute Gasteiger partial charge is 0.300 e. The maximum atomic E-state index is 9.09. The van der Waals surface area contributed by atoms with E-state index in [1.807, 2.05) is 35.7 Å². The number of thioether (sulfide) groups is 2. The summed E-state index contributed by atoms with van der Waals surface area (Å²) in [7, 11) is 0. The molecule has 2 N–H and O–H groups in total. The van der Waals surface area contributed by atoms with E-state index in [9.17, 15) is 0 Å². The predicted molar refractivity (Wildman–Crippen MR) is 69.1 cm³/mol. The number of carboxylic acid groups (broad SMARTS) is 1. The van der Waals surface area contributed by atoms with Crippen LogP contribution in [0.5, 0.6) is 5.75 Å². The van der Waals surface area contributed by atoms with Crippen LogP contribution in [0.2, 0.25) is 0 Å². The van der Waals surface area contributed by atoms with Gasteiger partial charge in [-0.2, -0.15) is 0 Å². The summed E-state index contributed by atoms with van der Waals surface area (Å²) < 4.78 is 0.589. The molecule has 0 spiro atoms. The largest absolute Gasteiger partial charge is 0.508 e. The van der Waals surface area contributed by atoms with Crippen LogP contribution in [0, 0.1) is 0 Å². The Morgan fingerprint density at radius 1 is 1.25 bits per heavy atom. The molecule has 0 unspecified atom stereocenters. The van der Waals surface area contributed by atoms with Gasteiger partial charge in [-0.15, -0.1) is 23.5 Å².